The number of benzene rings is 2. The lowest BCUT2D eigenvalue weighted by Gasteiger charge is -2.25. The van der Waals surface area contributed by atoms with Crippen molar-refractivity contribution in [3.63, 3.8) is 0 Å². The summed E-state index contributed by atoms with van der Waals surface area (Å²) in [5, 5.41) is 18.7. The summed E-state index contributed by atoms with van der Waals surface area (Å²) in [7, 11) is 1.58. The van der Waals surface area contributed by atoms with Crippen LogP contribution in [0.15, 0.2) is 47.6 Å². The molecule has 1 aliphatic heterocycles. The normalized spacial score (nSPS) is 15.2. The standard InChI is InChI=1S/C17H14Cl3N3O.C5H13NO/c1-21-17(24)14-9-16(10-2-4-11(18)5-3-10)23(22-14)15-7-6-12(19)8-13(15)20;1-2-3-4-5-6-7/h2-8,16H,9H2,1H3,(H,21,24);6-7H,2-5H2,1H3/p+1. The average Bonchev–Trinajstić information content (AvgIpc) is 3.19. The van der Waals surface area contributed by atoms with E-state index in [2.05, 4.69) is 17.3 Å². The Hall–Kier alpha value is -1.83. The zero-order chi connectivity index (χ0) is 22.8. The Labute approximate surface area is 198 Å². The van der Waals surface area contributed by atoms with Crippen molar-refractivity contribution in [3.8, 4) is 0 Å². The van der Waals surface area contributed by atoms with Gasteiger partial charge in [0.25, 0.3) is 5.91 Å². The molecule has 1 amide bonds. The predicted molar refractivity (Wildman–Crippen MR) is 127 cm³/mol. The summed E-state index contributed by atoms with van der Waals surface area (Å²) >= 11 is 18.3. The van der Waals surface area contributed by atoms with E-state index >= 15 is 0 Å². The van der Waals surface area contributed by atoms with E-state index in [0.29, 0.717) is 32.9 Å². The molecule has 4 N–H and O–H groups in total. The van der Waals surface area contributed by atoms with Crippen LogP contribution < -0.4 is 15.8 Å². The number of hydroxylamine groups is 1. The number of unbranched alkanes of at least 4 members (excludes halogenated alkanes) is 2. The van der Waals surface area contributed by atoms with Gasteiger partial charge in [-0.05, 0) is 48.7 Å². The number of nitrogens with two attached hydrogens (primary N) is 1. The summed E-state index contributed by atoms with van der Waals surface area (Å²) in [6.45, 7) is 3.01. The second-order valence-electron chi connectivity index (χ2n) is 7.02. The molecular weight excluding hydrogens is 459 g/mol. The third-order valence-corrected chi connectivity index (χ3v) is 5.54. The van der Waals surface area contributed by atoms with E-state index in [1.165, 1.54) is 18.3 Å². The topological polar surface area (TPSA) is 81.5 Å². The van der Waals surface area contributed by atoms with Crippen LogP contribution in [-0.2, 0) is 4.79 Å². The van der Waals surface area contributed by atoms with Gasteiger partial charge in [-0.1, -0.05) is 60.3 Å². The Bertz CT molecular complexity index is 887. The van der Waals surface area contributed by atoms with Crippen molar-refractivity contribution < 1.29 is 15.5 Å². The van der Waals surface area contributed by atoms with E-state index in [1.54, 1.807) is 30.3 Å². The molecule has 168 valence electrons. The van der Waals surface area contributed by atoms with Gasteiger partial charge in [-0.2, -0.15) is 5.10 Å². The van der Waals surface area contributed by atoms with Crippen LogP contribution in [0.3, 0.4) is 0 Å². The van der Waals surface area contributed by atoms with Crippen LogP contribution in [0.1, 0.15) is 44.2 Å². The summed E-state index contributed by atoms with van der Waals surface area (Å²) in [4.78, 5) is 12.0. The molecule has 2 aromatic rings. The first-order valence-electron chi connectivity index (χ1n) is 10.2. The van der Waals surface area contributed by atoms with Gasteiger partial charge in [-0.15, -0.1) is 0 Å². The summed E-state index contributed by atoms with van der Waals surface area (Å²) in [6.07, 6.45) is 4.07. The lowest BCUT2D eigenvalue weighted by Crippen LogP contribution is -2.80. The molecule has 0 bridgehead atoms. The molecule has 1 unspecified atom stereocenters. The van der Waals surface area contributed by atoms with E-state index in [1.807, 2.05) is 24.3 Å². The maximum Gasteiger partial charge on any atom is 0.267 e. The van der Waals surface area contributed by atoms with E-state index in [9.17, 15) is 4.79 Å². The molecule has 0 saturated heterocycles. The summed E-state index contributed by atoms with van der Waals surface area (Å²) in [6, 6.07) is 12.5. The molecule has 9 heteroatoms. The van der Waals surface area contributed by atoms with Gasteiger partial charge in [0.2, 0.25) is 0 Å². The fourth-order valence-electron chi connectivity index (χ4n) is 3.11. The minimum Gasteiger partial charge on any atom is -0.354 e. The highest BCUT2D eigenvalue weighted by molar-refractivity contribution is 6.40. The zero-order valence-electron chi connectivity index (χ0n) is 17.6. The van der Waals surface area contributed by atoms with Gasteiger partial charge in [0.05, 0.1) is 16.8 Å². The number of nitrogens with one attached hydrogen (secondary N) is 1. The Kier molecular flexibility index (Phi) is 10.6. The Morgan fingerprint density at radius 1 is 1.16 bits per heavy atom. The number of halogens is 3. The molecule has 0 saturated carbocycles. The first-order valence-corrected chi connectivity index (χ1v) is 11.3. The van der Waals surface area contributed by atoms with E-state index in [-0.39, 0.29) is 11.9 Å². The van der Waals surface area contributed by atoms with Crippen molar-refractivity contribution in [1.29, 1.82) is 0 Å². The molecule has 0 radical (unpaired) electrons. The van der Waals surface area contributed by atoms with E-state index in [0.717, 1.165) is 18.5 Å². The molecule has 0 aliphatic carbocycles. The van der Waals surface area contributed by atoms with Crippen molar-refractivity contribution in [1.82, 2.24) is 5.32 Å². The molecule has 3 rings (SSSR count). The van der Waals surface area contributed by atoms with E-state index in [4.69, 9.17) is 40.0 Å². The molecule has 0 fully saturated rings. The minimum atomic E-state index is -0.207. The quantitative estimate of drug-likeness (QED) is 0.387. The van der Waals surface area contributed by atoms with Crippen LogP contribution in [0.4, 0.5) is 5.69 Å². The van der Waals surface area contributed by atoms with Crippen molar-refractivity contribution >= 4 is 52.1 Å². The average molecular weight is 487 g/mol. The highest BCUT2D eigenvalue weighted by Crippen LogP contribution is 2.39. The zero-order valence-corrected chi connectivity index (χ0v) is 19.9. The van der Waals surface area contributed by atoms with Crippen LogP contribution in [0.2, 0.25) is 15.1 Å². The van der Waals surface area contributed by atoms with E-state index < -0.39 is 0 Å². The molecule has 0 aromatic heterocycles. The van der Waals surface area contributed by atoms with Crippen molar-refractivity contribution in [2.24, 2.45) is 5.10 Å². The molecule has 1 heterocycles. The first kappa shape index (κ1) is 25.4. The number of hydrogen-bond acceptors (Lipinski definition) is 4. The maximum absolute atomic E-state index is 12.0. The number of quaternary nitrogens is 1. The lowest BCUT2D eigenvalue weighted by atomic mass is 10.0. The molecule has 1 aliphatic rings. The third kappa shape index (κ3) is 7.37. The van der Waals surface area contributed by atoms with Gasteiger partial charge in [0, 0.05) is 23.5 Å². The molecule has 6 nitrogen and oxygen atoms in total. The number of anilines is 1. The van der Waals surface area contributed by atoms with Crippen LogP contribution in [0.5, 0.6) is 0 Å². The number of nitrogens with zero attached hydrogens (tertiary/aromatic N) is 2. The monoisotopic (exact) mass is 485 g/mol. The Balaban J connectivity index is 0.000000423. The molecule has 1 atom stereocenters. The lowest BCUT2D eigenvalue weighted by molar-refractivity contribution is -0.886. The summed E-state index contributed by atoms with van der Waals surface area (Å²) in [5.41, 5.74) is 3.37. The fourth-order valence-corrected chi connectivity index (χ4v) is 3.73. The SMILES string of the molecule is CCCCC[NH2+]O.CNC(=O)C1=NN(c2ccc(Cl)cc2Cl)C(c2ccc(Cl)cc2)C1. The number of rotatable bonds is 7. The number of hydrazone groups is 1. The second-order valence-corrected chi connectivity index (χ2v) is 8.30. The third-order valence-electron chi connectivity index (χ3n) is 4.75. The molecular formula is C22H28Cl3N4O2+. The van der Waals surface area contributed by atoms with Gasteiger partial charge in [-0.3, -0.25) is 9.80 Å². The smallest absolute Gasteiger partial charge is 0.267 e. The Morgan fingerprint density at radius 3 is 2.42 bits per heavy atom. The van der Waals surface area contributed by atoms with Crippen molar-refractivity contribution in [3.05, 3.63) is 63.1 Å². The summed E-state index contributed by atoms with van der Waals surface area (Å²) in [5.74, 6) is -0.207. The first-order chi connectivity index (χ1) is 14.9. The summed E-state index contributed by atoms with van der Waals surface area (Å²) < 4.78 is 0. The number of amides is 1. The van der Waals surface area contributed by atoms with Gasteiger partial charge in [0.15, 0.2) is 0 Å². The van der Waals surface area contributed by atoms with Gasteiger partial charge < -0.3 is 5.32 Å². The molecule has 31 heavy (non-hydrogen) atoms. The van der Waals surface area contributed by atoms with Gasteiger partial charge in [-0.25, -0.2) is 10.7 Å². The minimum absolute atomic E-state index is 0.145. The number of carbonyl (C=O) groups is 1. The fraction of sp³-hybridized carbons (Fsp3) is 0.364. The highest BCUT2D eigenvalue weighted by Gasteiger charge is 2.33. The van der Waals surface area contributed by atoms with Crippen LogP contribution >= 0.6 is 34.8 Å². The van der Waals surface area contributed by atoms with Gasteiger partial charge in [0.1, 0.15) is 12.3 Å². The highest BCUT2D eigenvalue weighted by atomic mass is 35.5. The Morgan fingerprint density at radius 2 is 1.84 bits per heavy atom. The molecule has 2 aromatic carbocycles. The molecule has 0 spiro atoms. The van der Waals surface area contributed by atoms with Crippen LogP contribution in [-0.4, -0.2) is 30.4 Å². The van der Waals surface area contributed by atoms with Crippen molar-refractivity contribution in [2.75, 3.05) is 18.6 Å². The van der Waals surface area contributed by atoms with Gasteiger partial charge >= 0.3 is 0 Å². The predicted octanol–water partition coefficient (Wildman–Crippen LogP) is 4.83. The van der Waals surface area contributed by atoms with Crippen LogP contribution in [0.25, 0.3) is 0 Å². The largest absolute Gasteiger partial charge is 0.354 e. The maximum atomic E-state index is 12.0. The van der Waals surface area contributed by atoms with Crippen molar-refractivity contribution in [2.45, 2.75) is 38.6 Å². The van der Waals surface area contributed by atoms with Crippen LogP contribution in [0, 0.1) is 0 Å². The number of carbonyl (C=O) groups excluding carboxylic acids is 1. The second kappa shape index (κ2) is 12.9. The number of hydrogen-bond donors (Lipinski definition) is 3.